The summed E-state index contributed by atoms with van der Waals surface area (Å²) in [7, 11) is 0. The molecule has 6 heteroatoms. The van der Waals surface area contributed by atoms with E-state index in [9.17, 15) is 13.2 Å². The molecule has 0 unspecified atom stereocenters. The van der Waals surface area contributed by atoms with Crippen LogP contribution >= 0.6 is 0 Å². The number of para-hydroxylation sites is 1. The molecule has 1 aliphatic rings. The zero-order chi connectivity index (χ0) is 13.9. The minimum atomic E-state index is -4.65. The molecule has 2 rings (SSSR count). The quantitative estimate of drug-likeness (QED) is 0.892. The van der Waals surface area contributed by atoms with E-state index >= 15 is 0 Å². The van der Waals surface area contributed by atoms with Gasteiger partial charge in [0.1, 0.15) is 5.75 Å². The summed E-state index contributed by atoms with van der Waals surface area (Å²) in [6.45, 7) is 5.04. The van der Waals surface area contributed by atoms with Gasteiger partial charge in [0.25, 0.3) is 0 Å². The Hall–Kier alpha value is -1.27. The van der Waals surface area contributed by atoms with Crippen molar-refractivity contribution in [2.75, 3.05) is 19.6 Å². The number of hydrogen-bond acceptors (Lipinski definition) is 3. The van der Waals surface area contributed by atoms with Gasteiger partial charge in [-0.1, -0.05) is 25.1 Å². The van der Waals surface area contributed by atoms with Crippen LogP contribution < -0.4 is 10.1 Å². The number of alkyl halides is 3. The highest BCUT2D eigenvalue weighted by Crippen LogP contribution is 2.27. The predicted molar refractivity (Wildman–Crippen MR) is 65.9 cm³/mol. The first kappa shape index (κ1) is 14.1. The van der Waals surface area contributed by atoms with E-state index in [4.69, 9.17) is 0 Å². The van der Waals surface area contributed by atoms with E-state index in [2.05, 4.69) is 15.0 Å². The Bertz CT molecular complexity index is 419. The zero-order valence-corrected chi connectivity index (χ0v) is 10.7. The topological polar surface area (TPSA) is 24.5 Å². The van der Waals surface area contributed by atoms with Crippen molar-refractivity contribution in [3.05, 3.63) is 29.8 Å². The van der Waals surface area contributed by atoms with Gasteiger partial charge in [-0.25, -0.2) is 0 Å². The highest BCUT2D eigenvalue weighted by Gasteiger charge is 2.32. The summed E-state index contributed by atoms with van der Waals surface area (Å²) >= 11 is 0. The molecule has 1 aromatic carbocycles. The third-order valence-corrected chi connectivity index (χ3v) is 3.25. The molecule has 1 heterocycles. The van der Waals surface area contributed by atoms with Crippen molar-refractivity contribution in [2.24, 2.45) is 0 Å². The number of rotatable bonds is 5. The average Bonchev–Trinajstić information content (AvgIpc) is 2.26. The second-order valence-electron chi connectivity index (χ2n) is 4.53. The molecule has 1 fully saturated rings. The minimum absolute atomic E-state index is 0.110. The van der Waals surface area contributed by atoms with Crippen molar-refractivity contribution < 1.29 is 17.9 Å². The molecule has 1 saturated heterocycles. The Morgan fingerprint density at radius 1 is 1.32 bits per heavy atom. The average molecular weight is 274 g/mol. The van der Waals surface area contributed by atoms with Gasteiger partial charge in [-0.05, 0) is 12.6 Å². The van der Waals surface area contributed by atoms with E-state index in [0.717, 1.165) is 19.6 Å². The van der Waals surface area contributed by atoms with Gasteiger partial charge in [0.2, 0.25) is 0 Å². The first-order valence-electron chi connectivity index (χ1n) is 6.28. The van der Waals surface area contributed by atoms with Crippen LogP contribution in [0.5, 0.6) is 5.75 Å². The van der Waals surface area contributed by atoms with Gasteiger partial charge >= 0.3 is 6.36 Å². The van der Waals surface area contributed by atoms with E-state index in [0.29, 0.717) is 18.2 Å². The molecule has 19 heavy (non-hydrogen) atoms. The molecule has 0 spiro atoms. The summed E-state index contributed by atoms with van der Waals surface area (Å²) < 4.78 is 41.1. The van der Waals surface area contributed by atoms with Crippen LogP contribution in [0, 0.1) is 0 Å². The monoisotopic (exact) mass is 274 g/mol. The van der Waals surface area contributed by atoms with Gasteiger partial charge in [0, 0.05) is 31.2 Å². The third kappa shape index (κ3) is 3.84. The van der Waals surface area contributed by atoms with Crippen molar-refractivity contribution >= 4 is 0 Å². The van der Waals surface area contributed by atoms with Gasteiger partial charge in [0.15, 0.2) is 0 Å². The van der Waals surface area contributed by atoms with Gasteiger partial charge in [0.05, 0.1) is 0 Å². The molecule has 0 saturated carbocycles. The first-order valence-corrected chi connectivity index (χ1v) is 6.28. The number of ether oxygens (including phenoxy) is 1. The maximum Gasteiger partial charge on any atom is 0.573 e. The van der Waals surface area contributed by atoms with Crippen LogP contribution in [0.15, 0.2) is 24.3 Å². The van der Waals surface area contributed by atoms with Crippen molar-refractivity contribution in [2.45, 2.75) is 25.9 Å². The second kappa shape index (κ2) is 5.79. The fraction of sp³-hybridized carbons (Fsp3) is 0.538. The highest BCUT2D eigenvalue weighted by atomic mass is 19.4. The minimum Gasteiger partial charge on any atom is -0.405 e. The fourth-order valence-electron chi connectivity index (χ4n) is 2.11. The summed E-state index contributed by atoms with van der Waals surface area (Å²) in [5, 5.41) is 3.16. The molecule has 0 radical (unpaired) electrons. The molecule has 0 amide bonds. The molecule has 1 N–H and O–H groups in total. The number of halogens is 3. The summed E-state index contributed by atoms with van der Waals surface area (Å²) in [6.07, 6.45) is -4.65. The van der Waals surface area contributed by atoms with Crippen LogP contribution in [0.4, 0.5) is 13.2 Å². The van der Waals surface area contributed by atoms with Gasteiger partial charge in [-0.3, -0.25) is 4.90 Å². The van der Waals surface area contributed by atoms with Crippen LogP contribution in [0.2, 0.25) is 0 Å². The Labute approximate surface area is 110 Å². The van der Waals surface area contributed by atoms with Gasteiger partial charge in [-0.15, -0.1) is 13.2 Å². The smallest absolute Gasteiger partial charge is 0.405 e. The van der Waals surface area contributed by atoms with E-state index in [1.165, 1.54) is 6.07 Å². The lowest BCUT2D eigenvalue weighted by atomic mass is 10.1. The number of hydrogen-bond donors (Lipinski definition) is 1. The second-order valence-corrected chi connectivity index (χ2v) is 4.53. The highest BCUT2D eigenvalue weighted by molar-refractivity contribution is 5.33. The molecular weight excluding hydrogens is 257 g/mol. The lowest BCUT2D eigenvalue weighted by Crippen LogP contribution is -2.56. The number of benzene rings is 1. The number of nitrogens with zero attached hydrogens (tertiary/aromatic N) is 1. The molecular formula is C13H17F3N2O. The van der Waals surface area contributed by atoms with Crippen LogP contribution in [0.1, 0.15) is 12.5 Å². The summed E-state index contributed by atoms with van der Waals surface area (Å²) in [6, 6.07) is 6.70. The summed E-state index contributed by atoms with van der Waals surface area (Å²) in [4.78, 5) is 2.15. The molecule has 1 aliphatic heterocycles. The fourth-order valence-corrected chi connectivity index (χ4v) is 2.11. The van der Waals surface area contributed by atoms with E-state index < -0.39 is 6.36 Å². The molecule has 106 valence electrons. The standard InChI is InChI=1S/C13H17F3N2O/c1-2-18(11-7-17-8-11)9-10-5-3-4-6-12(10)19-13(14,15)16/h3-6,11,17H,2,7-9H2,1H3. The van der Waals surface area contributed by atoms with Crippen molar-refractivity contribution in [1.82, 2.24) is 10.2 Å². The molecule has 0 aromatic heterocycles. The summed E-state index contributed by atoms with van der Waals surface area (Å²) in [5.41, 5.74) is 0.563. The summed E-state index contributed by atoms with van der Waals surface area (Å²) in [5.74, 6) is -0.110. The van der Waals surface area contributed by atoms with E-state index in [-0.39, 0.29) is 5.75 Å². The van der Waals surface area contributed by atoms with Gasteiger partial charge in [-0.2, -0.15) is 0 Å². The zero-order valence-electron chi connectivity index (χ0n) is 10.7. The SMILES string of the molecule is CCN(Cc1ccccc1OC(F)(F)F)C1CNC1. The van der Waals surface area contributed by atoms with Crippen LogP contribution in [-0.4, -0.2) is 36.9 Å². The Balaban J connectivity index is 2.10. The molecule has 0 aliphatic carbocycles. The third-order valence-electron chi connectivity index (χ3n) is 3.25. The van der Waals surface area contributed by atoms with Crippen molar-refractivity contribution in [3.63, 3.8) is 0 Å². The maximum atomic E-state index is 12.3. The Morgan fingerprint density at radius 3 is 2.53 bits per heavy atom. The lowest BCUT2D eigenvalue weighted by molar-refractivity contribution is -0.275. The van der Waals surface area contributed by atoms with Crippen molar-refractivity contribution in [1.29, 1.82) is 0 Å². The lowest BCUT2D eigenvalue weighted by Gasteiger charge is -2.37. The normalized spacial score (nSPS) is 16.5. The Morgan fingerprint density at radius 2 is 2.00 bits per heavy atom. The van der Waals surface area contributed by atoms with Crippen molar-refractivity contribution in [3.8, 4) is 5.75 Å². The molecule has 1 aromatic rings. The molecule has 3 nitrogen and oxygen atoms in total. The van der Waals surface area contributed by atoms with E-state index in [1.54, 1.807) is 18.2 Å². The molecule has 0 bridgehead atoms. The molecule has 0 atom stereocenters. The Kier molecular flexibility index (Phi) is 4.31. The largest absolute Gasteiger partial charge is 0.573 e. The maximum absolute atomic E-state index is 12.3. The predicted octanol–water partition coefficient (Wildman–Crippen LogP) is 2.38. The van der Waals surface area contributed by atoms with Gasteiger partial charge < -0.3 is 10.1 Å². The van der Waals surface area contributed by atoms with Crippen LogP contribution in [0.25, 0.3) is 0 Å². The first-order chi connectivity index (χ1) is 8.99. The van der Waals surface area contributed by atoms with E-state index in [1.807, 2.05) is 6.92 Å². The van der Waals surface area contributed by atoms with Crippen LogP contribution in [-0.2, 0) is 6.54 Å². The number of nitrogens with one attached hydrogen (secondary N) is 1. The van der Waals surface area contributed by atoms with Crippen LogP contribution in [0.3, 0.4) is 0 Å². The number of likely N-dealkylation sites (N-methyl/N-ethyl adjacent to an activating group) is 1.